The monoisotopic (exact) mass is 567 g/mol. The highest BCUT2D eigenvalue weighted by Gasteiger charge is 2.36. The van der Waals surface area contributed by atoms with Gasteiger partial charge in [-0.05, 0) is 63.6 Å². The van der Waals surface area contributed by atoms with Crippen molar-refractivity contribution < 1.29 is 28.2 Å². The maximum absolute atomic E-state index is 15.3. The molecule has 41 heavy (non-hydrogen) atoms. The Kier molecular flexibility index (Phi) is 8.97. The summed E-state index contributed by atoms with van der Waals surface area (Å²) in [6, 6.07) is 7.36. The molecular formula is C32H39F2N3O4. The maximum Gasteiger partial charge on any atom is 0.337 e. The number of piperidine rings is 1. The number of anilines is 1. The number of aliphatic carboxylic acids is 1. The molecule has 0 bridgehead atoms. The van der Waals surface area contributed by atoms with Gasteiger partial charge >= 0.3 is 5.97 Å². The predicted molar refractivity (Wildman–Crippen MR) is 154 cm³/mol. The smallest absolute Gasteiger partial charge is 0.337 e. The molecule has 3 aromatic rings. The molecule has 0 aliphatic carbocycles. The number of nitrogens with zero attached hydrogens (tertiary/aromatic N) is 3. The second-order valence-corrected chi connectivity index (χ2v) is 12.3. The van der Waals surface area contributed by atoms with E-state index in [-0.39, 0.29) is 23.6 Å². The zero-order valence-corrected chi connectivity index (χ0v) is 24.6. The van der Waals surface area contributed by atoms with E-state index in [2.05, 4.69) is 28.7 Å². The first kappa shape index (κ1) is 30.4. The first-order valence-electron chi connectivity index (χ1n) is 13.9. The number of rotatable bonds is 9. The van der Waals surface area contributed by atoms with Gasteiger partial charge in [0, 0.05) is 48.6 Å². The number of hydrogen-bond donors (Lipinski definition) is 1. The predicted octanol–water partition coefficient (Wildman–Crippen LogP) is 6.92. The molecule has 0 spiro atoms. The van der Waals surface area contributed by atoms with Crippen molar-refractivity contribution in [2.45, 2.75) is 72.5 Å². The van der Waals surface area contributed by atoms with Gasteiger partial charge in [0.05, 0.1) is 29.8 Å². The SMILES string of the molecule is Cc1ncc(-c2cc(F)c(OCCc3ccc(F)cc3)cn2)c(N2CCC(C)(C)CC2)c1C(OC(C)(C)C)C(=O)O. The Balaban J connectivity index is 1.71. The second-order valence-electron chi connectivity index (χ2n) is 12.3. The summed E-state index contributed by atoms with van der Waals surface area (Å²) >= 11 is 0. The van der Waals surface area contributed by atoms with E-state index in [1.54, 1.807) is 25.3 Å². The highest BCUT2D eigenvalue weighted by molar-refractivity contribution is 5.85. The summed E-state index contributed by atoms with van der Waals surface area (Å²) in [5, 5.41) is 10.3. The Hall–Kier alpha value is -3.59. The molecule has 0 saturated carbocycles. The lowest BCUT2D eigenvalue weighted by Crippen LogP contribution is -2.39. The molecule has 7 nitrogen and oxygen atoms in total. The molecule has 0 radical (unpaired) electrons. The molecule has 1 aromatic carbocycles. The number of aryl methyl sites for hydroxylation is 1. The van der Waals surface area contributed by atoms with Crippen LogP contribution in [-0.4, -0.2) is 46.3 Å². The molecule has 220 valence electrons. The van der Waals surface area contributed by atoms with E-state index in [4.69, 9.17) is 9.47 Å². The van der Waals surface area contributed by atoms with Crippen molar-refractivity contribution in [2.24, 2.45) is 5.41 Å². The van der Waals surface area contributed by atoms with E-state index in [0.29, 0.717) is 47.7 Å². The summed E-state index contributed by atoms with van der Waals surface area (Å²) in [6.45, 7) is 13.2. The summed E-state index contributed by atoms with van der Waals surface area (Å²) in [4.78, 5) is 23.7. The minimum atomic E-state index is -1.27. The topological polar surface area (TPSA) is 84.8 Å². The van der Waals surface area contributed by atoms with Crippen LogP contribution in [0.25, 0.3) is 11.3 Å². The fraction of sp³-hybridized carbons (Fsp3) is 0.469. The zero-order valence-electron chi connectivity index (χ0n) is 24.6. The van der Waals surface area contributed by atoms with Crippen molar-refractivity contribution >= 4 is 11.7 Å². The molecular weight excluding hydrogens is 528 g/mol. The lowest BCUT2D eigenvalue weighted by molar-refractivity contribution is -0.160. The van der Waals surface area contributed by atoms with Crippen molar-refractivity contribution in [1.82, 2.24) is 9.97 Å². The molecule has 1 aliphatic rings. The third-order valence-electron chi connectivity index (χ3n) is 7.34. The van der Waals surface area contributed by atoms with Crippen LogP contribution in [0.5, 0.6) is 5.75 Å². The number of benzene rings is 1. The first-order valence-corrected chi connectivity index (χ1v) is 13.9. The number of hydrogen-bond acceptors (Lipinski definition) is 6. The molecule has 9 heteroatoms. The molecule has 3 heterocycles. The highest BCUT2D eigenvalue weighted by Crippen LogP contribution is 2.43. The minimum Gasteiger partial charge on any atom is -0.489 e. The van der Waals surface area contributed by atoms with Crippen LogP contribution in [0.15, 0.2) is 42.7 Å². The van der Waals surface area contributed by atoms with Crippen LogP contribution in [0.1, 0.15) is 70.4 Å². The maximum atomic E-state index is 15.3. The standard InChI is InChI=1S/C32H39F2N3O4/c1-20-27(29(30(38)39)41-31(2,3)4)28(37-14-12-32(5,6)13-15-37)23(18-35-20)25-17-24(34)26(19-36-25)40-16-11-21-7-9-22(33)10-8-21/h7-10,17-19,29H,11-16H2,1-6H3,(H,38,39). The van der Waals surface area contributed by atoms with Gasteiger partial charge in [0.1, 0.15) is 5.82 Å². The number of carboxylic acid groups (broad SMARTS) is 1. The summed E-state index contributed by atoms with van der Waals surface area (Å²) in [5.74, 6) is -2.04. The van der Waals surface area contributed by atoms with Crippen LogP contribution >= 0.6 is 0 Å². The normalized spacial score (nSPS) is 16.0. The summed E-state index contributed by atoms with van der Waals surface area (Å²) in [6.07, 6.45) is 3.99. The Morgan fingerprint density at radius 2 is 1.76 bits per heavy atom. The molecule has 1 fully saturated rings. The molecule has 1 N–H and O–H groups in total. The Morgan fingerprint density at radius 1 is 1.10 bits per heavy atom. The molecule has 0 amide bonds. The van der Waals surface area contributed by atoms with Crippen LogP contribution < -0.4 is 9.64 Å². The minimum absolute atomic E-state index is 0.00286. The van der Waals surface area contributed by atoms with Crippen LogP contribution in [0.3, 0.4) is 0 Å². The zero-order chi connectivity index (χ0) is 29.9. The first-order chi connectivity index (χ1) is 19.2. The third kappa shape index (κ3) is 7.58. The van der Waals surface area contributed by atoms with Crippen molar-refractivity contribution in [3.63, 3.8) is 0 Å². The van der Waals surface area contributed by atoms with Gasteiger partial charge in [-0.2, -0.15) is 0 Å². The number of carbonyl (C=O) groups is 1. The van der Waals surface area contributed by atoms with Gasteiger partial charge in [0.25, 0.3) is 0 Å². The fourth-order valence-electron chi connectivity index (χ4n) is 4.97. The van der Waals surface area contributed by atoms with Crippen LogP contribution in [-0.2, 0) is 16.0 Å². The van der Waals surface area contributed by atoms with Crippen LogP contribution in [0.4, 0.5) is 14.5 Å². The van der Waals surface area contributed by atoms with Gasteiger partial charge in [-0.3, -0.25) is 9.97 Å². The van der Waals surface area contributed by atoms with Gasteiger partial charge in [0.15, 0.2) is 17.7 Å². The quantitative estimate of drug-likeness (QED) is 0.300. The third-order valence-corrected chi connectivity index (χ3v) is 7.34. The van der Waals surface area contributed by atoms with E-state index in [1.807, 2.05) is 20.8 Å². The van der Waals surface area contributed by atoms with Gasteiger partial charge in [-0.25, -0.2) is 13.6 Å². The summed E-state index contributed by atoms with van der Waals surface area (Å²) in [7, 11) is 0. The van der Waals surface area contributed by atoms with E-state index >= 15 is 4.39 Å². The van der Waals surface area contributed by atoms with E-state index in [0.717, 1.165) is 18.4 Å². The van der Waals surface area contributed by atoms with Gasteiger partial charge in [0.2, 0.25) is 0 Å². The number of aromatic nitrogens is 2. The lowest BCUT2D eigenvalue weighted by Gasteiger charge is -2.40. The van der Waals surface area contributed by atoms with Crippen molar-refractivity contribution in [3.05, 3.63) is 71.2 Å². The van der Waals surface area contributed by atoms with E-state index in [9.17, 15) is 14.3 Å². The Bertz CT molecular complexity index is 1380. The van der Waals surface area contributed by atoms with Crippen LogP contribution in [0, 0.1) is 24.0 Å². The number of halogens is 2. The second kappa shape index (κ2) is 12.1. The molecule has 1 atom stereocenters. The largest absolute Gasteiger partial charge is 0.489 e. The van der Waals surface area contributed by atoms with Crippen molar-refractivity contribution in [3.8, 4) is 17.0 Å². The van der Waals surface area contributed by atoms with Gasteiger partial charge in [-0.15, -0.1) is 0 Å². The number of carboxylic acids is 1. The number of pyridine rings is 2. The van der Waals surface area contributed by atoms with Crippen molar-refractivity contribution in [2.75, 3.05) is 24.6 Å². The summed E-state index contributed by atoms with van der Waals surface area (Å²) in [5.41, 5.74) is 2.79. The van der Waals surface area contributed by atoms with E-state index < -0.39 is 23.5 Å². The molecule has 1 aliphatic heterocycles. The Labute approximate surface area is 240 Å². The average Bonchev–Trinajstić information content (AvgIpc) is 2.89. The molecule has 2 aromatic heterocycles. The lowest BCUT2D eigenvalue weighted by atomic mass is 9.82. The Morgan fingerprint density at radius 3 is 2.34 bits per heavy atom. The summed E-state index contributed by atoms with van der Waals surface area (Å²) < 4.78 is 40.2. The molecule has 1 unspecified atom stereocenters. The van der Waals surface area contributed by atoms with Crippen LogP contribution in [0.2, 0.25) is 0 Å². The average molecular weight is 568 g/mol. The van der Waals surface area contributed by atoms with Crippen molar-refractivity contribution in [1.29, 1.82) is 0 Å². The van der Waals surface area contributed by atoms with Gasteiger partial charge in [-0.1, -0.05) is 26.0 Å². The molecule has 1 saturated heterocycles. The van der Waals surface area contributed by atoms with E-state index in [1.165, 1.54) is 24.4 Å². The fourth-order valence-corrected chi connectivity index (χ4v) is 4.97. The number of ether oxygens (including phenoxy) is 2. The van der Waals surface area contributed by atoms with Gasteiger partial charge < -0.3 is 19.5 Å². The molecule has 4 rings (SSSR count). The highest BCUT2D eigenvalue weighted by atomic mass is 19.1.